The lowest BCUT2D eigenvalue weighted by Crippen LogP contribution is -2.34. The lowest BCUT2D eigenvalue weighted by molar-refractivity contribution is -0.115. The standard InChI is InChI=1S/C35H35N3O3/c1-6-24-9-7-12-28(17-24)35(41)38-34-30(29-15-14-26(20-32(29)37-34)21-33(40)22(2)3)19-25-10-8-11-27(18-25)31(36-5)16-13-23(4)39/h7-18,20,30H,2,6,19,21H2,1,3-5H3,(H,37,38,41)/b16-13-,36-31?. The summed E-state index contributed by atoms with van der Waals surface area (Å²) in [6.07, 6.45) is 4.91. The largest absolute Gasteiger partial charge is 0.310 e. The molecule has 1 aliphatic heterocycles. The Hall–Kier alpha value is -4.71. The van der Waals surface area contributed by atoms with E-state index in [0.717, 1.165) is 39.9 Å². The normalized spacial score (nSPS) is 14.5. The average Bonchev–Trinajstić information content (AvgIpc) is 3.28. The number of aliphatic imine (C=N–C) groups is 2. The molecule has 1 heterocycles. The van der Waals surface area contributed by atoms with Gasteiger partial charge in [-0.15, -0.1) is 0 Å². The summed E-state index contributed by atoms with van der Waals surface area (Å²) in [4.78, 5) is 46.3. The predicted octanol–water partition coefficient (Wildman–Crippen LogP) is 6.30. The molecule has 6 heteroatoms. The van der Waals surface area contributed by atoms with Gasteiger partial charge in [-0.3, -0.25) is 19.4 Å². The number of ketones is 2. The summed E-state index contributed by atoms with van der Waals surface area (Å²) in [5.74, 6) is 0.103. The molecular weight excluding hydrogens is 510 g/mol. The van der Waals surface area contributed by atoms with E-state index in [1.165, 1.54) is 13.0 Å². The first-order valence-corrected chi connectivity index (χ1v) is 13.7. The summed E-state index contributed by atoms with van der Waals surface area (Å²) < 4.78 is 0. The third-order valence-electron chi connectivity index (χ3n) is 7.10. The van der Waals surface area contributed by atoms with Gasteiger partial charge < -0.3 is 5.32 Å². The number of rotatable bonds is 10. The first-order chi connectivity index (χ1) is 19.7. The highest BCUT2D eigenvalue weighted by molar-refractivity contribution is 6.12. The Balaban J connectivity index is 1.67. The molecule has 1 amide bonds. The number of hydrogen-bond donors (Lipinski definition) is 1. The van der Waals surface area contributed by atoms with E-state index < -0.39 is 0 Å². The summed E-state index contributed by atoms with van der Waals surface area (Å²) in [6.45, 7) is 9.03. The van der Waals surface area contributed by atoms with Crippen molar-refractivity contribution in [1.29, 1.82) is 0 Å². The molecule has 41 heavy (non-hydrogen) atoms. The molecule has 1 aliphatic rings. The third-order valence-corrected chi connectivity index (χ3v) is 7.10. The Bertz CT molecular complexity index is 1610. The van der Waals surface area contributed by atoms with Gasteiger partial charge in [0.15, 0.2) is 11.6 Å². The van der Waals surface area contributed by atoms with E-state index in [9.17, 15) is 14.4 Å². The van der Waals surface area contributed by atoms with Crippen molar-refractivity contribution in [3.63, 3.8) is 0 Å². The van der Waals surface area contributed by atoms with Gasteiger partial charge in [-0.1, -0.05) is 56.0 Å². The number of aryl methyl sites for hydroxylation is 1. The molecule has 0 aliphatic carbocycles. The van der Waals surface area contributed by atoms with E-state index in [4.69, 9.17) is 4.99 Å². The van der Waals surface area contributed by atoms with Crippen LogP contribution in [-0.2, 0) is 28.9 Å². The van der Waals surface area contributed by atoms with Gasteiger partial charge in [0.1, 0.15) is 5.84 Å². The number of carbonyl (C=O) groups is 3. The molecule has 1 N–H and O–H groups in total. The number of carbonyl (C=O) groups excluding carboxylic acids is 3. The van der Waals surface area contributed by atoms with E-state index in [0.29, 0.717) is 29.1 Å². The Morgan fingerprint density at radius 2 is 1.63 bits per heavy atom. The second kappa shape index (κ2) is 13.1. The zero-order valence-electron chi connectivity index (χ0n) is 24.0. The van der Waals surface area contributed by atoms with Crippen LogP contribution in [0, 0.1) is 0 Å². The molecular formula is C35H35N3O3. The third kappa shape index (κ3) is 7.28. The van der Waals surface area contributed by atoms with Gasteiger partial charge in [-0.05, 0) is 96.5 Å². The monoisotopic (exact) mass is 545 g/mol. The maximum atomic E-state index is 13.3. The van der Waals surface area contributed by atoms with Gasteiger partial charge in [0.2, 0.25) is 0 Å². The van der Waals surface area contributed by atoms with Crippen LogP contribution in [0.3, 0.4) is 0 Å². The maximum Gasteiger partial charge on any atom is 0.256 e. The van der Waals surface area contributed by atoms with Crippen molar-refractivity contribution in [2.75, 3.05) is 7.05 Å². The highest BCUT2D eigenvalue weighted by Crippen LogP contribution is 2.38. The van der Waals surface area contributed by atoms with Crippen LogP contribution < -0.4 is 5.32 Å². The number of amidine groups is 1. The van der Waals surface area contributed by atoms with E-state index in [1.54, 1.807) is 26.1 Å². The maximum absolute atomic E-state index is 13.3. The fraction of sp³-hybridized carbons (Fsp3) is 0.229. The Morgan fingerprint density at radius 3 is 2.32 bits per heavy atom. The first-order valence-electron chi connectivity index (χ1n) is 13.7. The summed E-state index contributed by atoms with van der Waals surface area (Å²) >= 11 is 0. The molecule has 1 unspecified atom stereocenters. The van der Waals surface area contributed by atoms with Gasteiger partial charge >= 0.3 is 0 Å². The smallest absolute Gasteiger partial charge is 0.256 e. The van der Waals surface area contributed by atoms with Crippen LogP contribution in [0.5, 0.6) is 0 Å². The number of nitrogens with zero attached hydrogens (tertiary/aromatic N) is 2. The van der Waals surface area contributed by atoms with Crippen LogP contribution in [0.15, 0.2) is 101 Å². The predicted molar refractivity (Wildman–Crippen MR) is 166 cm³/mol. The number of benzene rings is 3. The summed E-state index contributed by atoms with van der Waals surface area (Å²) in [5, 5.41) is 3.08. The summed E-state index contributed by atoms with van der Waals surface area (Å²) in [7, 11) is 1.70. The van der Waals surface area contributed by atoms with Crippen LogP contribution >= 0.6 is 0 Å². The minimum atomic E-state index is -0.210. The average molecular weight is 546 g/mol. The van der Waals surface area contributed by atoms with Crippen molar-refractivity contribution < 1.29 is 14.4 Å². The van der Waals surface area contributed by atoms with Crippen LogP contribution in [0.1, 0.15) is 64.9 Å². The highest BCUT2D eigenvalue weighted by atomic mass is 16.2. The molecule has 0 saturated heterocycles. The van der Waals surface area contributed by atoms with Crippen LogP contribution in [-0.4, -0.2) is 36.1 Å². The molecule has 6 nitrogen and oxygen atoms in total. The van der Waals surface area contributed by atoms with Crippen molar-refractivity contribution in [3.8, 4) is 0 Å². The van der Waals surface area contributed by atoms with Gasteiger partial charge in [0, 0.05) is 24.9 Å². The van der Waals surface area contributed by atoms with Crippen molar-refractivity contribution >= 4 is 34.7 Å². The van der Waals surface area contributed by atoms with E-state index in [-0.39, 0.29) is 29.8 Å². The molecule has 3 aromatic rings. The molecule has 0 fully saturated rings. The molecule has 0 saturated carbocycles. The van der Waals surface area contributed by atoms with E-state index in [2.05, 4.69) is 29.9 Å². The molecule has 0 radical (unpaired) electrons. The number of fused-ring (bicyclic) bond motifs is 1. The van der Waals surface area contributed by atoms with Gasteiger partial charge in [0.05, 0.1) is 11.4 Å². The number of Topliss-reactive ketones (excluding diaryl/α,β-unsaturated/α-hetero) is 1. The van der Waals surface area contributed by atoms with Crippen molar-refractivity contribution in [2.24, 2.45) is 9.98 Å². The number of nitrogens with one attached hydrogen (secondary N) is 1. The fourth-order valence-corrected chi connectivity index (χ4v) is 4.81. The van der Waals surface area contributed by atoms with Crippen molar-refractivity contribution in [1.82, 2.24) is 5.32 Å². The molecule has 208 valence electrons. The topological polar surface area (TPSA) is 88.0 Å². The number of allylic oxidation sites excluding steroid dienone is 3. The Labute approximate surface area is 241 Å². The van der Waals surface area contributed by atoms with Crippen molar-refractivity contribution in [3.05, 3.63) is 124 Å². The molecule has 0 aromatic heterocycles. The van der Waals surface area contributed by atoms with Gasteiger partial charge in [-0.2, -0.15) is 0 Å². The second-order valence-corrected chi connectivity index (χ2v) is 10.3. The summed E-state index contributed by atoms with van der Waals surface area (Å²) in [5.41, 5.74) is 7.41. The fourth-order valence-electron chi connectivity index (χ4n) is 4.81. The molecule has 1 atom stereocenters. The zero-order chi connectivity index (χ0) is 29.5. The van der Waals surface area contributed by atoms with Crippen LogP contribution in [0.2, 0.25) is 0 Å². The van der Waals surface area contributed by atoms with Gasteiger partial charge in [-0.25, -0.2) is 4.99 Å². The highest BCUT2D eigenvalue weighted by Gasteiger charge is 2.29. The lowest BCUT2D eigenvalue weighted by Gasteiger charge is -2.17. The Kier molecular flexibility index (Phi) is 9.35. The van der Waals surface area contributed by atoms with Gasteiger partial charge in [0.25, 0.3) is 5.91 Å². The van der Waals surface area contributed by atoms with Crippen LogP contribution in [0.4, 0.5) is 5.69 Å². The number of hydrogen-bond acceptors (Lipinski definition) is 5. The van der Waals surface area contributed by atoms with E-state index >= 15 is 0 Å². The molecule has 3 aromatic carbocycles. The quantitative estimate of drug-likeness (QED) is 0.240. The molecule has 0 spiro atoms. The van der Waals surface area contributed by atoms with Crippen molar-refractivity contribution in [2.45, 2.75) is 46.0 Å². The molecule has 0 bridgehead atoms. The zero-order valence-corrected chi connectivity index (χ0v) is 24.0. The first kappa shape index (κ1) is 29.3. The second-order valence-electron chi connectivity index (χ2n) is 10.3. The lowest BCUT2D eigenvalue weighted by atomic mass is 9.89. The van der Waals surface area contributed by atoms with E-state index in [1.807, 2.05) is 54.6 Å². The number of amides is 1. The Morgan fingerprint density at radius 1 is 0.927 bits per heavy atom. The van der Waals surface area contributed by atoms with Crippen LogP contribution in [0.25, 0.3) is 0 Å². The minimum Gasteiger partial charge on any atom is -0.310 e. The summed E-state index contributed by atoms with van der Waals surface area (Å²) in [6, 6.07) is 21.5. The SMILES string of the molecule is C=C(C)C(=O)Cc1ccc2c(c1)N=C(NC(=O)c1cccc(CC)c1)C2Cc1cccc(C(/C=C\C(C)=O)=NC)c1. The molecule has 4 rings (SSSR count). The minimum absolute atomic E-state index is 0.0168.